The average molecular weight is 289 g/mol. The first-order chi connectivity index (χ1) is 10.0. The smallest absolute Gasteiger partial charge is 0.325 e. The van der Waals surface area contributed by atoms with E-state index in [1.54, 1.807) is 44.4 Å². The molecule has 2 aromatic rings. The van der Waals surface area contributed by atoms with Gasteiger partial charge in [0.2, 0.25) is 0 Å². The zero-order chi connectivity index (χ0) is 15.4. The Balaban J connectivity index is 2.46. The van der Waals surface area contributed by atoms with Crippen molar-refractivity contribution in [1.82, 2.24) is 4.98 Å². The lowest BCUT2D eigenvalue weighted by Gasteiger charge is -2.18. The first-order valence-electron chi connectivity index (χ1n) is 6.43. The number of anilines is 1. The Hall–Kier alpha value is -2.70. The quantitative estimate of drug-likeness (QED) is 0.476. The van der Waals surface area contributed by atoms with Crippen LogP contribution in [0.1, 0.15) is 6.92 Å². The van der Waals surface area contributed by atoms with Crippen LogP contribution in [0.4, 0.5) is 11.4 Å². The summed E-state index contributed by atoms with van der Waals surface area (Å²) in [6.07, 6.45) is 1.58. The fourth-order valence-electron chi connectivity index (χ4n) is 2.11. The van der Waals surface area contributed by atoms with Crippen molar-refractivity contribution in [2.24, 2.45) is 0 Å². The van der Waals surface area contributed by atoms with Crippen LogP contribution >= 0.6 is 0 Å². The highest BCUT2D eigenvalue weighted by Gasteiger charge is 2.22. The Morgan fingerprint density at radius 1 is 1.43 bits per heavy atom. The molecule has 2 rings (SSSR count). The van der Waals surface area contributed by atoms with E-state index in [0.717, 1.165) is 0 Å². The molecule has 0 spiro atoms. The Morgan fingerprint density at radius 2 is 2.19 bits per heavy atom. The minimum absolute atomic E-state index is 0.0551. The van der Waals surface area contributed by atoms with Gasteiger partial charge in [-0.3, -0.25) is 19.9 Å². The number of ether oxygens (including phenoxy) is 1. The first-order valence-corrected chi connectivity index (χ1v) is 6.43. The first kappa shape index (κ1) is 14.7. The normalized spacial score (nSPS) is 10.4. The third-order valence-corrected chi connectivity index (χ3v) is 3.00. The zero-order valence-corrected chi connectivity index (χ0v) is 11.8. The Labute approximate surface area is 121 Å². The number of carbonyl (C=O) groups excluding carboxylic acids is 1. The van der Waals surface area contributed by atoms with Crippen LogP contribution in [-0.2, 0) is 9.53 Å². The summed E-state index contributed by atoms with van der Waals surface area (Å²) in [7, 11) is 1.61. The SMILES string of the molecule is CCOC(=O)CN(C)c1ccc2ncccc2c1[N+](=O)[O-]. The molecule has 110 valence electrons. The summed E-state index contributed by atoms with van der Waals surface area (Å²) in [4.78, 5) is 28.1. The van der Waals surface area contributed by atoms with Gasteiger partial charge >= 0.3 is 11.7 Å². The molecule has 21 heavy (non-hydrogen) atoms. The van der Waals surface area contributed by atoms with Crippen molar-refractivity contribution in [3.05, 3.63) is 40.6 Å². The van der Waals surface area contributed by atoms with E-state index in [1.165, 1.54) is 4.90 Å². The summed E-state index contributed by atoms with van der Waals surface area (Å²) in [6, 6.07) is 6.57. The van der Waals surface area contributed by atoms with Gasteiger partial charge < -0.3 is 9.64 Å². The van der Waals surface area contributed by atoms with Crippen LogP contribution in [0, 0.1) is 10.1 Å². The third-order valence-electron chi connectivity index (χ3n) is 3.00. The van der Waals surface area contributed by atoms with Gasteiger partial charge in [-0.25, -0.2) is 0 Å². The molecule has 0 aliphatic carbocycles. The number of carbonyl (C=O) groups is 1. The standard InChI is InChI=1S/C14H15N3O4/c1-3-21-13(18)9-16(2)12-7-6-11-10(5-4-8-15-11)14(12)17(19)20/h4-8H,3,9H2,1-2H3. The van der Waals surface area contributed by atoms with Crippen molar-refractivity contribution in [1.29, 1.82) is 0 Å². The van der Waals surface area contributed by atoms with Gasteiger partial charge in [0.15, 0.2) is 0 Å². The molecule has 7 nitrogen and oxygen atoms in total. The molecule has 1 heterocycles. The second-order valence-electron chi connectivity index (χ2n) is 4.42. The number of fused-ring (bicyclic) bond motifs is 1. The number of aromatic nitrogens is 1. The molecule has 0 atom stereocenters. The summed E-state index contributed by atoms with van der Waals surface area (Å²) in [5.41, 5.74) is 0.832. The number of rotatable bonds is 5. The van der Waals surface area contributed by atoms with Gasteiger partial charge in [0, 0.05) is 13.2 Å². The van der Waals surface area contributed by atoms with E-state index in [4.69, 9.17) is 4.74 Å². The van der Waals surface area contributed by atoms with Crippen LogP contribution in [0.2, 0.25) is 0 Å². The lowest BCUT2D eigenvalue weighted by molar-refractivity contribution is -0.382. The van der Waals surface area contributed by atoms with E-state index in [0.29, 0.717) is 16.6 Å². The summed E-state index contributed by atoms with van der Waals surface area (Å²) >= 11 is 0. The number of pyridine rings is 1. The van der Waals surface area contributed by atoms with Crippen molar-refractivity contribution in [3.8, 4) is 0 Å². The number of nitrogens with zero attached hydrogens (tertiary/aromatic N) is 3. The van der Waals surface area contributed by atoms with Crippen molar-refractivity contribution in [2.75, 3.05) is 25.1 Å². The van der Waals surface area contributed by atoms with Crippen molar-refractivity contribution in [3.63, 3.8) is 0 Å². The molecule has 1 aromatic heterocycles. The number of benzene rings is 1. The topological polar surface area (TPSA) is 85.6 Å². The number of nitro benzene ring substituents is 1. The zero-order valence-electron chi connectivity index (χ0n) is 11.8. The van der Waals surface area contributed by atoms with Gasteiger partial charge in [0.25, 0.3) is 0 Å². The maximum Gasteiger partial charge on any atom is 0.325 e. The number of esters is 1. The van der Waals surface area contributed by atoms with Crippen LogP contribution in [-0.4, -0.2) is 36.1 Å². The predicted octanol–water partition coefficient (Wildman–Crippen LogP) is 2.14. The van der Waals surface area contributed by atoms with Crippen LogP contribution in [0.15, 0.2) is 30.5 Å². The molecule has 0 aliphatic heterocycles. The molecule has 0 fully saturated rings. The molecule has 7 heteroatoms. The summed E-state index contributed by atoms with van der Waals surface area (Å²) in [5, 5.41) is 11.8. The van der Waals surface area contributed by atoms with Crippen molar-refractivity contribution in [2.45, 2.75) is 6.92 Å². The van der Waals surface area contributed by atoms with Gasteiger partial charge in [0.05, 0.1) is 22.4 Å². The number of hydrogen-bond acceptors (Lipinski definition) is 6. The second kappa shape index (κ2) is 6.17. The summed E-state index contributed by atoms with van der Waals surface area (Å²) in [6.45, 7) is 1.93. The molecule has 0 amide bonds. The largest absolute Gasteiger partial charge is 0.465 e. The minimum atomic E-state index is -0.457. The summed E-state index contributed by atoms with van der Waals surface area (Å²) < 4.78 is 4.86. The maximum absolute atomic E-state index is 11.5. The highest BCUT2D eigenvalue weighted by atomic mass is 16.6. The molecule has 0 N–H and O–H groups in total. The van der Waals surface area contributed by atoms with Gasteiger partial charge in [-0.1, -0.05) is 0 Å². The van der Waals surface area contributed by atoms with Crippen LogP contribution in [0.5, 0.6) is 0 Å². The van der Waals surface area contributed by atoms with Gasteiger partial charge in [-0.2, -0.15) is 0 Å². The lowest BCUT2D eigenvalue weighted by Crippen LogP contribution is -2.27. The van der Waals surface area contributed by atoms with E-state index in [2.05, 4.69) is 4.98 Å². The van der Waals surface area contributed by atoms with E-state index >= 15 is 0 Å². The van der Waals surface area contributed by atoms with E-state index in [1.807, 2.05) is 0 Å². The van der Waals surface area contributed by atoms with E-state index in [-0.39, 0.29) is 18.8 Å². The van der Waals surface area contributed by atoms with Crippen LogP contribution < -0.4 is 4.90 Å². The summed E-state index contributed by atoms with van der Waals surface area (Å²) in [5.74, 6) is -0.430. The van der Waals surface area contributed by atoms with E-state index < -0.39 is 10.9 Å². The molecule has 0 unspecified atom stereocenters. The Morgan fingerprint density at radius 3 is 2.86 bits per heavy atom. The van der Waals surface area contributed by atoms with Crippen LogP contribution in [0.25, 0.3) is 10.9 Å². The number of nitro groups is 1. The third kappa shape index (κ3) is 3.07. The van der Waals surface area contributed by atoms with E-state index in [9.17, 15) is 14.9 Å². The maximum atomic E-state index is 11.5. The van der Waals surface area contributed by atoms with Gasteiger partial charge in [0.1, 0.15) is 12.2 Å². The monoisotopic (exact) mass is 289 g/mol. The van der Waals surface area contributed by atoms with Crippen molar-refractivity contribution >= 4 is 28.2 Å². The van der Waals surface area contributed by atoms with Crippen molar-refractivity contribution < 1.29 is 14.5 Å². The molecule has 0 radical (unpaired) electrons. The highest BCUT2D eigenvalue weighted by Crippen LogP contribution is 2.34. The predicted molar refractivity (Wildman–Crippen MR) is 78.3 cm³/mol. The van der Waals surface area contributed by atoms with Gasteiger partial charge in [-0.05, 0) is 31.2 Å². The fourth-order valence-corrected chi connectivity index (χ4v) is 2.11. The number of likely N-dealkylation sites (N-methyl/N-ethyl adjacent to an activating group) is 1. The molecule has 0 saturated heterocycles. The average Bonchev–Trinajstić information content (AvgIpc) is 2.45. The Bertz CT molecular complexity index is 687. The molecule has 0 saturated carbocycles. The molecule has 0 bridgehead atoms. The second-order valence-corrected chi connectivity index (χ2v) is 4.42. The molecular weight excluding hydrogens is 274 g/mol. The lowest BCUT2D eigenvalue weighted by atomic mass is 10.1. The van der Waals surface area contributed by atoms with Crippen LogP contribution in [0.3, 0.4) is 0 Å². The highest BCUT2D eigenvalue weighted by molar-refractivity contribution is 5.95. The van der Waals surface area contributed by atoms with Gasteiger partial charge in [-0.15, -0.1) is 0 Å². The Kier molecular flexibility index (Phi) is 4.32. The molecule has 0 aliphatic rings. The molecular formula is C14H15N3O4. The fraction of sp³-hybridized carbons (Fsp3) is 0.286. The number of hydrogen-bond donors (Lipinski definition) is 0. The minimum Gasteiger partial charge on any atom is -0.465 e. The molecule has 1 aromatic carbocycles.